The minimum atomic E-state index is 0.600. The van der Waals surface area contributed by atoms with Crippen LogP contribution in [0.3, 0.4) is 0 Å². The summed E-state index contributed by atoms with van der Waals surface area (Å²) in [5.41, 5.74) is 4.07. The fourth-order valence-corrected chi connectivity index (χ4v) is 6.41. The van der Waals surface area contributed by atoms with Gasteiger partial charge in [0.05, 0.1) is 11.0 Å². The van der Waals surface area contributed by atoms with Gasteiger partial charge in [0, 0.05) is 21.9 Å². The lowest BCUT2D eigenvalue weighted by Gasteiger charge is -2.13. The molecule has 0 aliphatic carbocycles. The molecule has 7 aromatic carbocycles. The van der Waals surface area contributed by atoms with Crippen molar-refractivity contribution >= 4 is 54.1 Å². The maximum absolute atomic E-state index is 5.25. The predicted octanol–water partition coefficient (Wildman–Crippen LogP) is 9.76. The van der Waals surface area contributed by atoms with Gasteiger partial charge in [-0.3, -0.25) is 4.57 Å². The molecule has 0 fully saturated rings. The number of fused-ring (bicyclic) bond motifs is 7. The van der Waals surface area contributed by atoms with E-state index in [9.17, 15) is 0 Å². The second kappa shape index (κ2) is 9.33. The Labute approximate surface area is 247 Å². The third kappa shape index (κ3) is 3.74. The highest BCUT2D eigenvalue weighted by molar-refractivity contribution is 6.14. The highest BCUT2D eigenvalue weighted by Crippen LogP contribution is 2.37. The molecule has 0 radical (unpaired) electrons. The van der Waals surface area contributed by atoms with E-state index >= 15 is 0 Å². The van der Waals surface area contributed by atoms with Crippen molar-refractivity contribution in [2.45, 2.75) is 0 Å². The van der Waals surface area contributed by atoms with E-state index in [-0.39, 0.29) is 0 Å². The topological polar surface area (TPSA) is 43.6 Å². The van der Waals surface area contributed by atoms with E-state index in [2.05, 4.69) is 132 Å². The number of nitrogens with zero attached hydrogens (tertiary/aromatic N) is 4. The highest BCUT2D eigenvalue weighted by Gasteiger charge is 2.19. The lowest BCUT2D eigenvalue weighted by atomic mass is 9.97. The molecule has 0 N–H and O–H groups in total. The summed E-state index contributed by atoms with van der Waals surface area (Å²) < 4.78 is 2.19. The predicted molar refractivity (Wildman–Crippen MR) is 178 cm³/mol. The van der Waals surface area contributed by atoms with Crippen molar-refractivity contribution in [3.8, 4) is 28.7 Å². The minimum Gasteiger partial charge on any atom is -0.278 e. The molecule has 200 valence electrons. The molecule has 0 saturated heterocycles. The van der Waals surface area contributed by atoms with Gasteiger partial charge in [0.15, 0.2) is 11.6 Å². The van der Waals surface area contributed by atoms with Crippen molar-refractivity contribution in [3.63, 3.8) is 0 Å². The van der Waals surface area contributed by atoms with Gasteiger partial charge >= 0.3 is 0 Å². The Balaban J connectivity index is 1.41. The molecular formula is C39H24N4. The Morgan fingerprint density at radius 2 is 0.977 bits per heavy atom. The van der Waals surface area contributed by atoms with Gasteiger partial charge in [-0.25, -0.2) is 4.98 Å². The summed E-state index contributed by atoms with van der Waals surface area (Å²) in [7, 11) is 0. The van der Waals surface area contributed by atoms with E-state index in [1.165, 1.54) is 32.3 Å². The molecule has 9 rings (SSSR count). The van der Waals surface area contributed by atoms with Gasteiger partial charge in [-0.1, -0.05) is 121 Å². The first-order valence-corrected chi connectivity index (χ1v) is 14.5. The lowest BCUT2D eigenvalue weighted by Crippen LogP contribution is -2.06. The van der Waals surface area contributed by atoms with Crippen LogP contribution in [0.1, 0.15) is 0 Å². The number of aromatic nitrogens is 4. The van der Waals surface area contributed by atoms with Gasteiger partial charge in [0.25, 0.3) is 0 Å². The van der Waals surface area contributed by atoms with Gasteiger partial charge in [0.2, 0.25) is 5.95 Å². The van der Waals surface area contributed by atoms with E-state index in [4.69, 9.17) is 15.0 Å². The zero-order valence-corrected chi connectivity index (χ0v) is 23.1. The number of benzene rings is 7. The number of para-hydroxylation sites is 1. The van der Waals surface area contributed by atoms with E-state index < -0.39 is 0 Å². The third-order valence-corrected chi connectivity index (χ3v) is 8.40. The second-order valence-corrected chi connectivity index (χ2v) is 10.9. The van der Waals surface area contributed by atoms with Crippen LogP contribution < -0.4 is 0 Å². The Morgan fingerprint density at radius 3 is 1.79 bits per heavy atom. The van der Waals surface area contributed by atoms with E-state index in [1.807, 2.05) is 18.2 Å². The SMILES string of the molecule is c1ccc(-c2nc(-c3cc4ccccc4c4ccccc34)nc(-n3c4ccccc4c4cc5ccccc5cc43)n2)cc1. The zero-order valence-electron chi connectivity index (χ0n) is 23.1. The monoisotopic (exact) mass is 548 g/mol. The number of hydrogen-bond donors (Lipinski definition) is 0. The van der Waals surface area contributed by atoms with Crippen molar-refractivity contribution in [3.05, 3.63) is 146 Å². The van der Waals surface area contributed by atoms with Crippen molar-refractivity contribution in [2.24, 2.45) is 0 Å². The Kier molecular flexibility index (Phi) is 5.16. The van der Waals surface area contributed by atoms with Crippen LogP contribution in [0.4, 0.5) is 0 Å². The molecule has 0 atom stereocenters. The van der Waals surface area contributed by atoms with E-state index in [0.29, 0.717) is 17.6 Å². The molecule has 0 aliphatic rings. The molecule has 0 amide bonds. The molecule has 0 spiro atoms. The lowest BCUT2D eigenvalue weighted by molar-refractivity contribution is 0.955. The fraction of sp³-hybridized carbons (Fsp3) is 0. The first-order valence-electron chi connectivity index (χ1n) is 14.5. The van der Waals surface area contributed by atoms with Crippen molar-refractivity contribution in [2.75, 3.05) is 0 Å². The summed E-state index contributed by atoms with van der Waals surface area (Å²) in [6, 6.07) is 50.9. The summed E-state index contributed by atoms with van der Waals surface area (Å²) in [6.45, 7) is 0. The molecule has 9 aromatic rings. The Hall–Kier alpha value is -5.87. The Bertz CT molecular complexity index is 2510. The van der Waals surface area contributed by atoms with Crippen LogP contribution in [-0.2, 0) is 0 Å². The minimum absolute atomic E-state index is 0.600. The molecule has 4 heteroatoms. The van der Waals surface area contributed by atoms with Crippen molar-refractivity contribution in [1.82, 2.24) is 19.5 Å². The standard InChI is InChI=1S/C39H24N4/c1-2-12-25(13-3-1)37-40-38(34-23-28-16-6-7-17-29(28)30-18-8-9-19-31(30)34)42-39(41-37)43-35-21-11-10-20-32(35)33-22-26-14-4-5-15-27(26)24-36(33)43/h1-24H. The van der Waals surface area contributed by atoms with E-state index in [0.717, 1.165) is 32.9 Å². The normalized spacial score (nSPS) is 11.7. The van der Waals surface area contributed by atoms with Crippen LogP contribution >= 0.6 is 0 Å². The molecule has 2 aromatic heterocycles. The molecule has 43 heavy (non-hydrogen) atoms. The second-order valence-electron chi connectivity index (χ2n) is 10.9. The molecule has 4 nitrogen and oxygen atoms in total. The average Bonchev–Trinajstić information content (AvgIpc) is 3.40. The summed E-state index contributed by atoms with van der Waals surface area (Å²) in [6.07, 6.45) is 0. The van der Waals surface area contributed by atoms with Gasteiger partial charge in [-0.05, 0) is 56.6 Å². The molecule has 0 aliphatic heterocycles. The van der Waals surface area contributed by atoms with Crippen LogP contribution in [0.5, 0.6) is 0 Å². The van der Waals surface area contributed by atoms with Gasteiger partial charge in [-0.2, -0.15) is 9.97 Å². The summed E-state index contributed by atoms with van der Waals surface area (Å²) in [5.74, 6) is 1.89. The largest absolute Gasteiger partial charge is 0.278 e. The maximum Gasteiger partial charge on any atom is 0.238 e. The summed E-state index contributed by atoms with van der Waals surface area (Å²) >= 11 is 0. The van der Waals surface area contributed by atoms with Crippen LogP contribution in [0, 0.1) is 0 Å². The first-order chi connectivity index (χ1) is 21.3. The smallest absolute Gasteiger partial charge is 0.238 e. The van der Waals surface area contributed by atoms with Gasteiger partial charge < -0.3 is 0 Å². The average molecular weight is 549 g/mol. The van der Waals surface area contributed by atoms with Crippen LogP contribution in [0.15, 0.2) is 146 Å². The molecule has 0 saturated carbocycles. The van der Waals surface area contributed by atoms with Crippen LogP contribution in [0.2, 0.25) is 0 Å². The number of rotatable bonds is 3. The van der Waals surface area contributed by atoms with Crippen molar-refractivity contribution < 1.29 is 0 Å². The zero-order chi connectivity index (χ0) is 28.3. The van der Waals surface area contributed by atoms with Gasteiger partial charge in [0.1, 0.15) is 0 Å². The molecular weight excluding hydrogens is 524 g/mol. The first kappa shape index (κ1) is 23.8. The molecule has 0 bridgehead atoms. The number of hydrogen-bond acceptors (Lipinski definition) is 3. The summed E-state index contributed by atoms with van der Waals surface area (Å²) in [4.78, 5) is 15.5. The summed E-state index contributed by atoms with van der Waals surface area (Å²) in [5, 5.41) is 9.40. The van der Waals surface area contributed by atoms with Crippen LogP contribution in [-0.4, -0.2) is 19.5 Å². The molecule has 0 unspecified atom stereocenters. The van der Waals surface area contributed by atoms with Gasteiger partial charge in [-0.15, -0.1) is 0 Å². The molecule has 2 heterocycles. The van der Waals surface area contributed by atoms with E-state index in [1.54, 1.807) is 0 Å². The van der Waals surface area contributed by atoms with Crippen LogP contribution in [0.25, 0.3) is 82.8 Å². The Morgan fingerprint density at radius 1 is 0.372 bits per heavy atom. The fourth-order valence-electron chi connectivity index (χ4n) is 6.41. The van der Waals surface area contributed by atoms with Crippen molar-refractivity contribution in [1.29, 1.82) is 0 Å². The quantitative estimate of drug-likeness (QED) is 0.206. The third-order valence-electron chi connectivity index (χ3n) is 8.40. The maximum atomic E-state index is 5.25. The highest BCUT2D eigenvalue weighted by atomic mass is 15.2.